The van der Waals surface area contributed by atoms with Crippen LogP contribution in [0.15, 0.2) is 75.1 Å². The molecule has 8 nitrogen and oxygen atoms in total. The number of rotatable bonds is 9. The predicted molar refractivity (Wildman–Crippen MR) is 125 cm³/mol. The van der Waals surface area contributed by atoms with E-state index in [2.05, 4.69) is 5.32 Å². The molecule has 0 spiro atoms. The summed E-state index contributed by atoms with van der Waals surface area (Å²) in [5.41, 5.74) is 1.01. The maximum atomic E-state index is 13.0. The number of nitrogens with one attached hydrogen (secondary N) is 1. The summed E-state index contributed by atoms with van der Waals surface area (Å²) in [6, 6.07) is 13.9. The largest absolute Gasteiger partial charge is 0.459 e. The van der Waals surface area contributed by atoms with Crippen molar-refractivity contribution in [1.82, 2.24) is 4.31 Å². The van der Waals surface area contributed by atoms with E-state index in [0.29, 0.717) is 18.7 Å². The molecule has 2 aromatic carbocycles. The monoisotopic (exact) mass is 490 g/mol. The minimum absolute atomic E-state index is 0.0929. The fourth-order valence-corrected chi connectivity index (χ4v) is 6.49. The normalized spacial score (nSPS) is 12.1. The molecule has 0 aliphatic carbocycles. The van der Waals surface area contributed by atoms with Gasteiger partial charge in [0.2, 0.25) is 10.0 Å². The van der Waals surface area contributed by atoms with Crippen molar-refractivity contribution in [3.05, 3.63) is 77.7 Å². The SMILES string of the molecule is CCN(CC)S(=O)(=O)c1cc(NC(=O)c2occc2CS(=O)(=O)c2ccccc2)ccc1C. The third kappa shape index (κ3) is 5.35. The Morgan fingerprint density at radius 3 is 2.27 bits per heavy atom. The van der Waals surface area contributed by atoms with E-state index in [1.165, 1.54) is 34.8 Å². The molecule has 10 heteroatoms. The first-order chi connectivity index (χ1) is 15.6. The highest BCUT2D eigenvalue weighted by molar-refractivity contribution is 7.90. The number of hydrogen-bond acceptors (Lipinski definition) is 6. The van der Waals surface area contributed by atoms with E-state index < -0.39 is 31.5 Å². The fraction of sp³-hybridized carbons (Fsp3) is 0.261. The first-order valence-corrected chi connectivity index (χ1v) is 13.5. The number of amides is 1. The molecule has 0 aliphatic rings. The van der Waals surface area contributed by atoms with Gasteiger partial charge in [0.25, 0.3) is 5.91 Å². The molecular formula is C23H26N2O6S2. The van der Waals surface area contributed by atoms with Crippen LogP contribution in [0.25, 0.3) is 0 Å². The summed E-state index contributed by atoms with van der Waals surface area (Å²) in [5.74, 6) is -1.23. The van der Waals surface area contributed by atoms with Crippen molar-refractivity contribution >= 4 is 31.5 Å². The first-order valence-electron chi connectivity index (χ1n) is 10.4. The van der Waals surface area contributed by atoms with Crippen LogP contribution in [0, 0.1) is 6.92 Å². The molecule has 0 radical (unpaired) electrons. The Hall–Kier alpha value is -2.95. The second-order valence-corrected chi connectivity index (χ2v) is 11.3. The molecule has 0 saturated carbocycles. The maximum absolute atomic E-state index is 13.0. The Labute approximate surface area is 194 Å². The number of carbonyl (C=O) groups is 1. The van der Waals surface area contributed by atoms with Crippen LogP contribution >= 0.6 is 0 Å². The molecule has 1 heterocycles. The van der Waals surface area contributed by atoms with Gasteiger partial charge in [-0.25, -0.2) is 16.8 Å². The van der Waals surface area contributed by atoms with Gasteiger partial charge >= 0.3 is 0 Å². The number of carbonyl (C=O) groups excluding carboxylic acids is 1. The number of nitrogens with zero attached hydrogens (tertiary/aromatic N) is 1. The highest BCUT2D eigenvalue weighted by Crippen LogP contribution is 2.25. The van der Waals surface area contributed by atoms with Crippen molar-refractivity contribution in [2.75, 3.05) is 18.4 Å². The van der Waals surface area contributed by atoms with E-state index in [1.807, 2.05) is 0 Å². The topological polar surface area (TPSA) is 114 Å². The quantitative estimate of drug-likeness (QED) is 0.487. The smallest absolute Gasteiger partial charge is 0.291 e. The molecule has 0 aliphatic heterocycles. The standard InChI is InChI=1S/C23H26N2O6S2/c1-4-25(5-2)33(29,30)21-15-19(12-11-17(21)3)24-23(26)22-18(13-14-31-22)16-32(27,28)20-9-7-6-8-10-20/h6-15H,4-5,16H2,1-3H3,(H,24,26). The molecule has 33 heavy (non-hydrogen) atoms. The van der Waals surface area contributed by atoms with Crippen molar-refractivity contribution in [3.8, 4) is 0 Å². The van der Waals surface area contributed by atoms with Crippen LogP contribution in [0.2, 0.25) is 0 Å². The molecule has 0 bridgehead atoms. The molecular weight excluding hydrogens is 464 g/mol. The van der Waals surface area contributed by atoms with Gasteiger partial charge in [0, 0.05) is 24.3 Å². The van der Waals surface area contributed by atoms with Gasteiger partial charge in [-0.1, -0.05) is 38.1 Å². The van der Waals surface area contributed by atoms with Gasteiger partial charge in [0.1, 0.15) is 0 Å². The van der Waals surface area contributed by atoms with Gasteiger partial charge < -0.3 is 9.73 Å². The van der Waals surface area contributed by atoms with Crippen molar-refractivity contribution in [2.24, 2.45) is 0 Å². The molecule has 0 fully saturated rings. The summed E-state index contributed by atoms with van der Waals surface area (Å²) in [4.78, 5) is 13.1. The Morgan fingerprint density at radius 2 is 1.64 bits per heavy atom. The van der Waals surface area contributed by atoms with Gasteiger partial charge in [-0.2, -0.15) is 4.31 Å². The molecule has 0 saturated heterocycles. The molecule has 1 N–H and O–H groups in total. The number of sulfonamides is 1. The predicted octanol–water partition coefficient (Wildman–Crippen LogP) is 3.84. The van der Waals surface area contributed by atoms with E-state index in [4.69, 9.17) is 4.42 Å². The van der Waals surface area contributed by atoms with Crippen LogP contribution in [-0.2, 0) is 25.6 Å². The summed E-state index contributed by atoms with van der Waals surface area (Å²) < 4.78 is 57.9. The lowest BCUT2D eigenvalue weighted by molar-refractivity contribution is 0.0995. The molecule has 1 aromatic heterocycles. The molecule has 3 rings (SSSR count). The molecule has 1 amide bonds. The minimum Gasteiger partial charge on any atom is -0.459 e. The second-order valence-electron chi connectivity index (χ2n) is 7.37. The second kappa shape index (κ2) is 9.90. The Morgan fingerprint density at radius 1 is 0.970 bits per heavy atom. The lowest BCUT2D eigenvalue weighted by Gasteiger charge is -2.20. The molecule has 176 valence electrons. The number of furan rings is 1. The van der Waals surface area contributed by atoms with E-state index in [-0.39, 0.29) is 26.8 Å². The summed E-state index contributed by atoms with van der Waals surface area (Å²) in [7, 11) is -7.41. The van der Waals surface area contributed by atoms with Crippen LogP contribution < -0.4 is 5.32 Å². The Bertz CT molecular complexity index is 1340. The lowest BCUT2D eigenvalue weighted by atomic mass is 10.2. The Balaban J connectivity index is 1.86. The minimum atomic E-state index is -3.73. The van der Waals surface area contributed by atoms with E-state index in [0.717, 1.165) is 0 Å². The van der Waals surface area contributed by atoms with Crippen LogP contribution in [0.1, 0.15) is 35.5 Å². The number of hydrogen-bond donors (Lipinski definition) is 1. The van der Waals surface area contributed by atoms with E-state index in [9.17, 15) is 21.6 Å². The van der Waals surface area contributed by atoms with Crippen molar-refractivity contribution in [1.29, 1.82) is 0 Å². The summed E-state index contributed by atoms with van der Waals surface area (Å²) >= 11 is 0. The zero-order chi connectivity index (χ0) is 24.2. The zero-order valence-corrected chi connectivity index (χ0v) is 20.2. The van der Waals surface area contributed by atoms with Crippen LogP contribution in [0.4, 0.5) is 5.69 Å². The highest BCUT2D eigenvalue weighted by atomic mass is 32.2. The number of anilines is 1. The van der Waals surface area contributed by atoms with Gasteiger partial charge in [-0.3, -0.25) is 4.79 Å². The van der Waals surface area contributed by atoms with Crippen LogP contribution in [0.3, 0.4) is 0 Å². The molecule has 0 atom stereocenters. The molecule has 3 aromatic rings. The number of benzene rings is 2. The fourth-order valence-electron chi connectivity index (χ4n) is 3.41. The van der Waals surface area contributed by atoms with Gasteiger partial charge in [-0.05, 0) is 42.8 Å². The third-order valence-electron chi connectivity index (χ3n) is 5.17. The van der Waals surface area contributed by atoms with Gasteiger partial charge in [0.05, 0.1) is 21.8 Å². The van der Waals surface area contributed by atoms with Crippen molar-refractivity contribution < 1.29 is 26.0 Å². The number of sulfone groups is 1. The first kappa shape index (κ1) is 24.7. The van der Waals surface area contributed by atoms with Crippen molar-refractivity contribution in [2.45, 2.75) is 36.3 Å². The van der Waals surface area contributed by atoms with E-state index in [1.54, 1.807) is 51.1 Å². The van der Waals surface area contributed by atoms with Gasteiger partial charge in [-0.15, -0.1) is 0 Å². The average Bonchev–Trinajstić information content (AvgIpc) is 3.23. The maximum Gasteiger partial charge on any atom is 0.291 e. The summed E-state index contributed by atoms with van der Waals surface area (Å²) in [6.45, 7) is 5.83. The lowest BCUT2D eigenvalue weighted by Crippen LogP contribution is -2.31. The molecule has 0 unspecified atom stereocenters. The van der Waals surface area contributed by atoms with E-state index >= 15 is 0 Å². The summed E-state index contributed by atoms with van der Waals surface area (Å²) in [5, 5.41) is 2.61. The average molecular weight is 491 g/mol. The van der Waals surface area contributed by atoms with Gasteiger partial charge in [0.15, 0.2) is 15.6 Å². The van der Waals surface area contributed by atoms with Crippen LogP contribution in [-0.4, -0.2) is 40.1 Å². The third-order valence-corrected chi connectivity index (χ3v) is 9.04. The van der Waals surface area contributed by atoms with Crippen LogP contribution in [0.5, 0.6) is 0 Å². The number of aryl methyl sites for hydroxylation is 1. The zero-order valence-electron chi connectivity index (χ0n) is 18.6. The summed E-state index contributed by atoms with van der Waals surface area (Å²) in [6.07, 6.45) is 1.25. The Kier molecular flexibility index (Phi) is 7.41. The highest BCUT2D eigenvalue weighted by Gasteiger charge is 2.25. The van der Waals surface area contributed by atoms with Crippen molar-refractivity contribution in [3.63, 3.8) is 0 Å².